The monoisotopic (exact) mass is 378 g/mol. The smallest absolute Gasteiger partial charge is 0.251 e. The Morgan fingerprint density at radius 1 is 1.04 bits per heavy atom. The van der Waals surface area contributed by atoms with Gasteiger partial charge >= 0.3 is 0 Å². The van der Waals surface area contributed by atoms with Crippen molar-refractivity contribution in [1.29, 1.82) is 0 Å². The maximum absolute atomic E-state index is 13.6. The third-order valence-electron chi connectivity index (χ3n) is 3.20. The number of hydrogen-bond donors (Lipinski definition) is 2. The van der Waals surface area contributed by atoms with Gasteiger partial charge in [-0.1, -0.05) is 28.1 Å². The van der Waals surface area contributed by atoms with Crippen LogP contribution in [-0.2, 0) is 17.9 Å². The largest absolute Gasteiger partial charge is 0.352 e. The fourth-order valence-corrected chi connectivity index (χ4v) is 2.37. The summed E-state index contributed by atoms with van der Waals surface area (Å²) in [5.74, 6) is -0.752. The topological polar surface area (TPSA) is 58.2 Å². The van der Waals surface area contributed by atoms with Crippen LogP contribution in [-0.4, -0.2) is 11.8 Å². The van der Waals surface area contributed by atoms with Crippen molar-refractivity contribution >= 4 is 27.7 Å². The molecule has 2 N–H and O–H groups in total. The molecule has 0 aromatic heterocycles. The third-order valence-corrected chi connectivity index (χ3v) is 3.70. The maximum Gasteiger partial charge on any atom is 0.251 e. The number of amides is 2. The summed E-state index contributed by atoms with van der Waals surface area (Å²) in [6.07, 6.45) is 0. The Hall–Kier alpha value is -2.21. The molecule has 0 saturated heterocycles. The molecule has 0 radical (unpaired) electrons. The summed E-state index contributed by atoms with van der Waals surface area (Å²) in [5, 5.41) is 5.37. The predicted molar refractivity (Wildman–Crippen MR) is 89.2 cm³/mol. The quantitative estimate of drug-likeness (QED) is 0.839. The van der Waals surface area contributed by atoms with E-state index in [2.05, 4.69) is 26.6 Å². The van der Waals surface area contributed by atoms with Gasteiger partial charge in [-0.3, -0.25) is 9.59 Å². The molecule has 0 heterocycles. The van der Waals surface area contributed by atoms with E-state index in [0.717, 1.165) is 10.0 Å². The number of rotatable bonds is 5. The van der Waals surface area contributed by atoms with E-state index in [1.165, 1.54) is 13.0 Å². The molecule has 0 aliphatic heterocycles. The summed E-state index contributed by atoms with van der Waals surface area (Å²) >= 11 is 3.27. The van der Waals surface area contributed by atoms with Crippen molar-refractivity contribution in [3.63, 3.8) is 0 Å². The summed E-state index contributed by atoms with van der Waals surface area (Å²) in [4.78, 5) is 22.9. The van der Waals surface area contributed by atoms with Crippen LogP contribution in [0.2, 0.25) is 0 Å². The molecule has 120 valence electrons. The van der Waals surface area contributed by atoms with Crippen molar-refractivity contribution in [2.75, 3.05) is 0 Å². The van der Waals surface area contributed by atoms with Crippen LogP contribution in [0.1, 0.15) is 28.4 Å². The van der Waals surface area contributed by atoms with Crippen molar-refractivity contribution in [2.24, 2.45) is 0 Å². The van der Waals surface area contributed by atoms with Crippen LogP contribution >= 0.6 is 15.9 Å². The lowest BCUT2D eigenvalue weighted by Gasteiger charge is -2.08. The summed E-state index contributed by atoms with van der Waals surface area (Å²) in [7, 11) is 0. The van der Waals surface area contributed by atoms with Gasteiger partial charge < -0.3 is 10.6 Å². The average molecular weight is 379 g/mol. The Bertz CT molecular complexity index is 717. The second kappa shape index (κ2) is 7.87. The van der Waals surface area contributed by atoms with Crippen LogP contribution in [0.5, 0.6) is 0 Å². The first-order valence-electron chi connectivity index (χ1n) is 7.01. The van der Waals surface area contributed by atoms with Gasteiger partial charge in [-0.05, 0) is 35.9 Å². The van der Waals surface area contributed by atoms with Crippen molar-refractivity contribution in [2.45, 2.75) is 20.0 Å². The molecule has 2 amide bonds. The standard InChI is InChI=1S/C17H16BrFN2O2/c1-11(22)20-9-12-2-4-13(5-3-12)17(23)21-10-14-8-15(18)6-7-16(14)19/h2-8H,9-10H2,1H3,(H,20,22)(H,21,23). The second-order valence-corrected chi connectivity index (χ2v) is 5.94. The van der Waals surface area contributed by atoms with Crippen molar-refractivity contribution in [3.8, 4) is 0 Å². The lowest BCUT2D eigenvalue weighted by Crippen LogP contribution is -2.23. The molecule has 2 aromatic rings. The summed E-state index contributed by atoms with van der Waals surface area (Å²) < 4.78 is 14.4. The number of carbonyl (C=O) groups is 2. The van der Waals surface area contributed by atoms with Gasteiger partial charge in [0.05, 0.1) is 0 Å². The van der Waals surface area contributed by atoms with E-state index in [-0.39, 0.29) is 24.2 Å². The zero-order valence-corrected chi connectivity index (χ0v) is 14.1. The van der Waals surface area contributed by atoms with Gasteiger partial charge in [0.2, 0.25) is 5.91 Å². The molecule has 0 saturated carbocycles. The van der Waals surface area contributed by atoms with E-state index < -0.39 is 0 Å². The van der Waals surface area contributed by atoms with Gasteiger partial charge in [-0.2, -0.15) is 0 Å². The highest BCUT2D eigenvalue weighted by Crippen LogP contribution is 2.15. The number of nitrogens with one attached hydrogen (secondary N) is 2. The minimum Gasteiger partial charge on any atom is -0.352 e. The van der Waals surface area contributed by atoms with Gasteiger partial charge in [0.15, 0.2) is 0 Å². The van der Waals surface area contributed by atoms with Crippen LogP contribution in [0.3, 0.4) is 0 Å². The van der Waals surface area contributed by atoms with Gasteiger partial charge in [0, 0.05) is 35.6 Å². The Balaban J connectivity index is 1.95. The highest BCUT2D eigenvalue weighted by atomic mass is 79.9. The lowest BCUT2D eigenvalue weighted by molar-refractivity contribution is -0.119. The third kappa shape index (κ3) is 5.17. The van der Waals surface area contributed by atoms with Crippen molar-refractivity contribution < 1.29 is 14.0 Å². The van der Waals surface area contributed by atoms with Crippen LogP contribution in [0.4, 0.5) is 4.39 Å². The summed E-state index contributed by atoms with van der Waals surface area (Å²) in [5.41, 5.74) is 1.79. The molecule has 0 aliphatic rings. The highest BCUT2D eigenvalue weighted by molar-refractivity contribution is 9.10. The number of hydrogen-bond acceptors (Lipinski definition) is 2. The number of benzene rings is 2. The van der Waals surface area contributed by atoms with Crippen LogP contribution < -0.4 is 10.6 Å². The van der Waals surface area contributed by atoms with E-state index in [0.29, 0.717) is 17.7 Å². The number of carbonyl (C=O) groups excluding carboxylic acids is 2. The van der Waals surface area contributed by atoms with Gasteiger partial charge in [-0.15, -0.1) is 0 Å². The molecule has 0 fully saturated rings. The molecule has 2 aromatic carbocycles. The molecule has 6 heteroatoms. The molecule has 0 bridgehead atoms. The van der Waals surface area contributed by atoms with E-state index in [1.807, 2.05) is 0 Å². The van der Waals surface area contributed by atoms with Crippen LogP contribution in [0.15, 0.2) is 46.9 Å². The fraction of sp³-hybridized carbons (Fsp3) is 0.176. The molecule has 0 aliphatic carbocycles. The molecular formula is C17H16BrFN2O2. The minimum atomic E-state index is -0.362. The van der Waals surface area contributed by atoms with Gasteiger partial charge in [-0.25, -0.2) is 4.39 Å². The van der Waals surface area contributed by atoms with E-state index in [1.54, 1.807) is 36.4 Å². The Morgan fingerprint density at radius 2 is 1.74 bits per heavy atom. The summed E-state index contributed by atoms with van der Waals surface area (Å²) in [6, 6.07) is 11.5. The first-order valence-corrected chi connectivity index (χ1v) is 7.80. The van der Waals surface area contributed by atoms with Gasteiger partial charge in [0.25, 0.3) is 5.91 Å². The first kappa shape index (κ1) is 17.1. The van der Waals surface area contributed by atoms with E-state index >= 15 is 0 Å². The molecule has 0 spiro atoms. The Kier molecular flexibility index (Phi) is 5.87. The van der Waals surface area contributed by atoms with Crippen LogP contribution in [0.25, 0.3) is 0 Å². The Labute approximate surface area is 142 Å². The van der Waals surface area contributed by atoms with E-state index in [4.69, 9.17) is 0 Å². The summed E-state index contributed by atoms with van der Waals surface area (Å²) in [6.45, 7) is 1.97. The SMILES string of the molecule is CC(=O)NCc1ccc(C(=O)NCc2cc(Br)ccc2F)cc1. The zero-order chi connectivity index (χ0) is 16.8. The zero-order valence-electron chi connectivity index (χ0n) is 12.5. The fourth-order valence-electron chi connectivity index (χ4n) is 1.96. The average Bonchev–Trinajstić information content (AvgIpc) is 2.54. The molecule has 23 heavy (non-hydrogen) atoms. The minimum absolute atomic E-state index is 0.108. The van der Waals surface area contributed by atoms with Crippen molar-refractivity contribution in [1.82, 2.24) is 10.6 Å². The second-order valence-electron chi connectivity index (χ2n) is 5.03. The predicted octanol–water partition coefficient (Wildman–Crippen LogP) is 3.15. The Morgan fingerprint density at radius 3 is 2.39 bits per heavy atom. The molecule has 0 unspecified atom stereocenters. The normalized spacial score (nSPS) is 10.2. The molecule has 0 atom stereocenters. The van der Waals surface area contributed by atoms with E-state index in [9.17, 15) is 14.0 Å². The van der Waals surface area contributed by atoms with Crippen LogP contribution in [0, 0.1) is 5.82 Å². The van der Waals surface area contributed by atoms with Crippen molar-refractivity contribution in [3.05, 3.63) is 69.4 Å². The molecule has 2 rings (SSSR count). The highest BCUT2D eigenvalue weighted by Gasteiger charge is 2.08. The molecular weight excluding hydrogens is 363 g/mol. The number of halogens is 2. The maximum atomic E-state index is 13.6. The molecule has 4 nitrogen and oxygen atoms in total. The van der Waals surface area contributed by atoms with Gasteiger partial charge in [0.1, 0.15) is 5.82 Å². The first-order chi connectivity index (χ1) is 11.0. The lowest BCUT2D eigenvalue weighted by atomic mass is 10.1.